The molecule has 0 aliphatic carbocycles. The number of rotatable bonds is 1. The van der Waals surface area contributed by atoms with E-state index >= 15 is 0 Å². The van der Waals surface area contributed by atoms with Crippen LogP contribution >= 0.6 is 27.5 Å². The van der Waals surface area contributed by atoms with Gasteiger partial charge in [0.2, 0.25) is 0 Å². The molecule has 0 unspecified atom stereocenters. The van der Waals surface area contributed by atoms with Gasteiger partial charge in [-0.25, -0.2) is 4.39 Å². The van der Waals surface area contributed by atoms with Crippen molar-refractivity contribution in [3.05, 3.63) is 27.4 Å². The number of hydrogen-bond donors (Lipinski definition) is 2. The SMILES string of the molecule is ONc1cc(Cl)c(F)cc1Br. The van der Waals surface area contributed by atoms with Crippen LogP contribution < -0.4 is 5.48 Å². The molecule has 0 saturated heterocycles. The summed E-state index contributed by atoms with van der Waals surface area (Å²) in [6.07, 6.45) is 0. The zero-order valence-corrected chi connectivity index (χ0v) is 7.58. The molecule has 0 heterocycles. The van der Waals surface area contributed by atoms with Crippen molar-refractivity contribution in [3.63, 3.8) is 0 Å². The molecule has 1 aromatic carbocycles. The summed E-state index contributed by atoms with van der Waals surface area (Å²) in [6.45, 7) is 0. The van der Waals surface area contributed by atoms with Crippen molar-refractivity contribution in [1.29, 1.82) is 0 Å². The van der Waals surface area contributed by atoms with Crippen molar-refractivity contribution in [2.75, 3.05) is 5.48 Å². The van der Waals surface area contributed by atoms with Gasteiger partial charge in [0.25, 0.3) is 0 Å². The fourth-order valence-electron chi connectivity index (χ4n) is 0.608. The summed E-state index contributed by atoms with van der Waals surface area (Å²) >= 11 is 8.44. The fraction of sp³-hybridized carbons (Fsp3) is 0. The van der Waals surface area contributed by atoms with E-state index in [0.29, 0.717) is 10.2 Å². The Morgan fingerprint density at radius 1 is 1.55 bits per heavy atom. The predicted molar refractivity (Wildman–Crippen MR) is 44.5 cm³/mol. The Bertz CT molecular complexity index is 282. The lowest BCUT2D eigenvalue weighted by atomic mass is 10.3. The molecule has 2 N–H and O–H groups in total. The van der Waals surface area contributed by atoms with E-state index in [-0.39, 0.29) is 5.02 Å². The molecule has 0 bridgehead atoms. The molecule has 1 rings (SSSR count). The van der Waals surface area contributed by atoms with Crippen LogP contribution in [0.4, 0.5) is 10.1 Å². The van der Waals surface area contributed by atoms with E-state index in [2.05, 4.69) is 15.9 Å². The molecule has 60 valence electrons. The van der Waals surface area contributed by atoms with Gasteiger partial charge < -0.3 is 0 Å². The minimum atomic E-state index is -0.530. The Labute approximate surface area is 76.1 Å². The molecule has 5 heteroatoms. The summed E-state index contributed by atoms with van der Waals surface area (Å²) in [5, 5.41) is 8.44. The zero-order valence-electron chi connectivity index (χ0n) is 5.24. The standard InChI is InChI=1S/C6H4BrClFNO/c7-3-1-5(9)4(8)2-6(3)10-11/h1-2,10-11H. The third kappa shape index (κ3) is 1.83. The van der Waals surface area contributed by atoms with Crippen LogP contribution in [0, 0.1) is 5.82 Å². The highest BCUT2D eigenvalue weighted by atomic mass is 79.9. The fourth-order valence-corrected chi connectivity index (χ4v) is 1.18. The molecule has 0 saturated carbocycles. The van der Waals surface area contributed by atoms with E-state index in [1.54, 1.807) is 0 Å². The van der Waals surface area contributed by atoms with Crippen molar-refractivity contribution in [1.82, 2.24) is 0 Å². The van der Waals surface area contributed by atoms with Gasteiger partial charge in [-0.2, -0.15) is 0 Å². The smallest absolute Gasteiger partial charge is 0.143 e. The highest BCUT2D eigenvalue weighted by Gasteiger charge is 2.04. The van der Waals surface area contributed by atoms with Gasteiger partial charge in [-0.15, -0.1) is 0 Å². The molecule has 0 aliphatic heterocycles. The van der Waals surface area contributed by atoms with E-state index in [4.69, 9.17) is 16.8 Å². The van der Waals surface area contributed by atoms with E-state index in [9.17, 15) is 4.39 Å². The Morgan fingerprint density at radius 2 is 2.18 bits per heavy atom. The maximum Gasteiger partial charge on any atom is 0.143 e. The summed E-state index contributed by atoms with van der Waals surface area (Å²) < 4.78 is 13.0. The van der Waals surface area contributed by atoms with E-state index in [1.165, 1.54) is 12.1 Å². The second-order valence-electron chi connectivity index (χ2n) is 1.86. The number of nitrogens with one attached hydrogen (secondary N) is 1. The van der Waals surface area contributed by atoms with Crippen molar-refractivity contribution >= 4 is 33.2 Å². The van der Waals surface area contributed by atoms with Gasteiger partial charge in [0, 0.05) is 4.47 Å². The third-order valence-corrected chi connectivity index (χ3v) is 2.08. The van der Waals surface area contributed by atoms with Crippen molar-refractivity contribution in [2.24, 2.45) is 0 Å². The molecular formula is C6H4BrClFNO. The molecule has 11 heavy (non-hydrogen) atoms. The summed E-state index contributed by atoms with van der Waals surface area (Å²) in [4.78, 5) is 0. The lowest BCUT2D eigenvalue weighted by molar-refractivity contribution is 0.388. The average Bonchev–Trinajstić information content (AvgIpc) is 1.97. The minimum Gasteiger partial charge on any atom is -0.291 e. The van der Waals surface area contributed by atoms with Gasteiger partial charge in [-0.3, -0.25) is 10.7 Å². The number of hydrogen-bond acceptors (Lipinski definition) is 2. The Hall–Kier alpha value is -0.320. The van der Waals surface area contributed by atoms with Gasteiger partial charge >= 0.3 is 0 Å². The van der Waals surface area contributed by atoms with Crippen molar-refractivity contribution in [2.45, 2.75) is 0 Å². The van der Waals surface area contributed by atoms with Crippen LogP contribution in [0.2, 0.25) is 5.02 Å². The minimum absolute atomic E-state index is 0.0373. The topological polar surface area (TPSA) is 32.3 Å². The van der Waals surface area contributed by atoms with Crippen LogP contribution in [0.15, 0.2) is 16.6 Å². The van der Waals surface area contributed by atoms with Crippen LogP contribution in [0.1, 0.15) is 0 Å². The monoisotopic (exact) mass is 239 g/mol. The first-order valence-corrected chi connectivity index (χ1v) is 3.87. The lowest BCUT2D eigenvalue weighted by Crippen LogP contribution is -1.91. The molecule has 2 nitrogen and oxygen atoms in total. The van der Waals surface area contributed by atoms with Crippen LogP contribution in [0.3, 0.4) is 0 Å². The first-order chi connectivity index (χ1) is 5.15. The Balaban J connectivity index is 3.21. The maximum atomic E-state index is 12.6. The van der Waals surface area contributed by atoms with Gasteiger partial charge in [0.15, 0.2) is 0 Å². The quantitative estimate of drug-likeness (QED) is 0.584. The molecule has 0 spiro atoms. The maximum absolute atomic E-state index is 12.6. The van der Waals surface area contributed by atoms with E-state index in [1.807, 2.05) is 5.48 Å². The summed E-state index contributed by atoms with van der Waals surface area (Å²) in [6, 6.07) is 2.45. The predicted octanol–water partition coefficient (Wildman–Crippen LogP) is 3.04. The zero-order chi connectivity index (χ0) is 8.43. The Kier molecular flexibility index (Phi) is 2.70. The van der Waals surface area contributed by atoms with Crippen molar-refractivity contribution in [3.8, 4) is 0 Å². The van der Waals surface area contributed by atoms with Crippen LogP contribution in [0.25, 0.3) is 0 Å². The van der Waals surface area contributed by atoms with Crippen LogP contribution in [-0.2, 0) is 0 Å². The molecule has 0 amide bonds. The second-order valence-corrected chi connectivity index (χ2v) is 3.12. The summed E-state index contributed by atoms with van der Waals surface area (Å²) in [5.41, 5.74) is 2.20. The molecule has 1 aromatic rings. The van der Waals surface area contributed by atoms with Crippen molar-refractivity contribution < 1.29 is 9.60 Å². The lowest BCUT2D eigenvalue weighted by Gasteiger charge is -2.02. The number of anilines is 1. The summed E-state index contributed by atoms with van der Waals surface area (Å²) in [5.74, 6) is -0.530. The van der Waals surface area contributed by atoms with Crippen LogP contribution in [0.5, 0.6) is 0 Å². The molecule has 0 fully saturated rings. The first kappa shape index (κ1) is 8.77. The third-order valence-electron chi connectivity index (χ3n) is 1.13. The van der Waals surface area contributed by atoms with E-state index in [0.717, 1.165) is 0 Å². The second kappa shape index (κ2) is 3.38. The van der Waals surface area contributed by atoms with Gasteiger partial charge in [0.05, 0.1) is 10.7 Å². The Morgan fingerprint density at radius 3 is 2.73 bits per heavy atom. The molecule has 0 aliphatic rings. The van der Waals surface area contributed by atoms with Crippen LogP contribution in [-0.4, -0.2) is 5.21 Å². The van der Waals surface area contributed by atoms with Gasteiger partial charge in [-0.05, 0) is 28.1 Å². The largest absolute Gasteiger partial charge is 0.291 e. The summed E-state index contributed by atoms with van der Waals surface area (Å²) in [7, 11) is 0. The highest BCUT2D eigenvalue weighted by molar-refractivity contribution is 9.10. The molecule has 0 aromatic heterocycles. The molecular weight excluding hydrogens is 236 g/mol. The highest BCUT2D eigenvalue weighted by Crippen LogP contribution is 2.27. The first-order valence-electron chi connectivity index (χ1n) is 2.70. The average molecular weight is 240 g/mol. The number of benzene rings is 1. The molecule has 0 atom stereocenters. The van der Waals surface area contributed by atoms with Gasteiger partial charge in [-0.1, -0.05) is 11.6 Å². The van der Waals surface area contributed by atoms with Gasteiger partial charge in [0.1, 0.15) is 5.82 Å². The number of halogens is 3. The molecule has 0 radical (unpaired) electrons. The van der Waals surface area contributed by atoms with E-state index < -0.39 is 5.82 Å². The normalized spacial score (nSPS) is 9.82.